The van der Waals surface area contributed by atoms with Crippen LogP contribution in [0, 0.1) is 17.0 Å². The molecule has 0 amide bonds. The van der Waals surface area contributed by atoms with E-state index in [-0.39, 0.29) is 21.8 Å². The average Bonchev–Trinajstić information content (AvgIpc) is 2.68. The lowest BCUT2D eigenvalue weighted by atomic mass is 10.2. The van der Waals surface area contributed by atoms with E-state index in [4.69, 9.17) is 32.7 Å². The first kappa shape index (κ1) is 14.8. The average molecular weight is 335 g/mol. The van der Waals surface area contributed by atoms with Gasteiger partial charge in [-0.3, -0.25) is 10.1 Å². The lowest BCUT2D eigenvalue weighted by molar-refractivity contribution is -0.385. The number of ether oxygens (including phenoxy) is 2. The van der Waals surface area contributed by atoms with Gasteiger partial charge < -0.3 is 9.47 Å². The second kappa shape index (κ2) is 5.82. The number of benzene rings is 1. The van der Waals surface area contributed by atoms with Crippen LogP contribution in [0.2, 0.25) is 9.49 Å². The van der Waals surface area contributed by atoms with Crippen molar-refractivity contribution in [3.05, 3.63) is 37.3 Å². The minimum absolute atomic E-state index is 0.0515. The number of hydrogen-bond acceptors (Lipinski definition) is 6. The number of nitro groups is 1. The van der Waals surface area contributed by atoms with E-state index in [2.05, 4.69) is 4.98 Å². The Labute approximate surface area is 128 Å². The number of aromatic nitrogens is 1. The van der Waals surface area contributed by atoms with Crippen LogP contribution in [0.1, 0.15) is 5.56 Å². The predicted octanol–water partition coefficient (Wildman–Crippen LogP) is 4.47. The zero-order chi connectivity index (χ0) is 14.9. The predicted molar refractivity (Wildman–Crippen MR) is 76.6 cm³/mol. The van der Waals surface area contributed by atoms with E-state index in [0.717, 1.165) is 11.3 Å². The molecule has 2 aromatic rings. The van der Waals surface area contributed by atoms with E-state index < -0.39 is 4.92 Å². The minimum Gasteiger partial charge on any atom is -0.493 e. The highest BCUT2D eigenvalue weighted by Crippen LogP contribution is 2.40. The molecule has 1 heterocycles. The summed E-state index contributed by atoms with van der Waals surface area (Å²) in [6.07, 6.45) is 0. The maximum Gasteiger partial charge on any atom is 0.281 e. The standard InChI is InChI=1S/C11H8Cl2N2O4S/c1-5-3-8(7(18-2)4-6(5)15(16)17)19-11-14-9(12)10(13)20-11/h3-4H,1-2H3. The molecule has 0 saturated heterocycles. The molecule has 0 aliphatic heterocycles. The number of thiazole rings is 1. The summed E-state index contributed by atoms with van der Waals surface area (Å²) in [5.41, 5.74) is 0.393. The maximum absolute atomic E-state index is 10.9. The van der Waals surface area contributed by atoms with Crippen LogP contribution in [0.3, 0.4) is 0 Å². The molecule has 2 rings (SSSR count). The highest BCUT2D eigenvalue weighted by molar-refractivity contribution is 7.18. The van der Waals surface area contributed by atoms with E-state index in [1.807, 2.05) is 0 Å². The number of aryl methyl sites for hydroxylation is 1. The van der Waals surface area contributed by atoms with Crippen molar-refractivity contribution in [1.82, 2.24) is 4.98 Å². The Morgan fingerprint density at radius 1 is 1.35 bits per heavy atom. The van der Waals surface area contributed by atoms with Gasteiger partial charge >= 0.3 is 0 Å². The Morgan fingerprint density at radius 3 is 2.55 bits per heavy atom. The second-order valence-corrected chi connectivity index (χ2v) is 5.61. The van der Waals surface area contributed by atoms with Gasteiger partial charge in [-0.25, -0.2) is 0 Å². The molecule has 0 bridgehead atoms. The third-order valence-electron chi connectivity index (χ3n) is 2.40. The Hall–Kier alpha value is -1.57. The zero-order valence-electron chi connectivity index (χ0n) is 10.3. The van der Waals surface area contributed by atoms with Crippen LogP contribution in [-0.4, -0.2) is 17.0 Å². The molecule has 0 aliphatic carbocycles. The smallest absolute Gasteiger partial charge is 0.281 e. The van der Waals surface area contributed by atoms with Crippen LogP contribution in [0.5, 0.6) is 16.7 Å². The summed E-state index contributed by atoms with van der Waals surface area (Å²) in [5.74, 6) is 0.530. The van der Waals surface area contributed by atoms with Crippen LogP contribution in [0.4, 0.5) is 5.69 Å². The molecule has 6 nitrogen and oxygen atoms in total. The van der Waals surface area contributed by atoms with Crippen molar-refractivity contribution in [2.24, 2.45) is 0 Å². The van der Waals surface area contributed by atoms with Crippen LogP contribution < -0.4 is 9.47 Å². The van der Waals surface area contributed by atoms with Crippen molar-refractivity contribution in [3.63, 3.8) is 0 Å². The molecule has 106 valence electrons. The first-order valence-electron chi connectivity index (χ1n) is 5.25. The van der Waals surface area contributed by atoms with E-state index in [0.29, 0.717) is 15.6 Å². The van der Waals surface area contributed by atoms with Gasteiger partial charge in [-0.05, 0) is 13.0 Å². The summed E-state index contributed by atoms with van der Waals surface area (Å²) < 4.78 is 10.9. The summed E-state index contributed by atoms with van der Waals surface area (Å²) in [6.45, 7) is 1.60. The van der Waals surface area contributed by atoms with Crippen molar-refractivity contribution in [1.29, 1.82) is 0 Å². The molecule has 0 radical (unpaired) electrons. The van der Waals surface area contributed by atoms with Crippen molar-refractivity contribution in [3.8, 4) is 16.7 Å². The quantitative estimate of drug-likeness (QED) is 0.609. The molecule has 0 N–H and O–H groups in total. The number of nitrogens with zero attached hydrogens (tertiary/aromatic N) is 2. The van der Waals surface area contributed by atoms with E-state index in [1.165, 1.54) is 19.2 Å². The fraction of sp³-hybridized carbons (Fsp3) is 0.182. The molecule has 0 unspecified atom stereocenters. The molecule has 0 fully saturated rings. The third-order valence-corrected chi connectivity index (χ3v) is 4.02. The number of methoxy groups -OCH3 is 1. The van der Waals surface area contributed by atoms with Crippen molar-refractivity contribution in [2.75, 3.05) is 7.11 Å². The molecule has 1 aromatic heterocycles. The summed E-state index contributed by atoms with van der Waals surface area (Å²) >= 11 is 12.6. The van der Waals surface area contributed by atoms with Gasteiger partial charge in [0.15, 0.2) is 16.7 Å². The fourth-order valence-electron chi connectivity index (χ4n) is 1.49. The summed E-state index contributed by atoms with van der Waals surface area (Å²) in [4.78, 5) is 14.3. The van der Waals surface area contributed by atoms with Crippen LogP contribution in [-0.2, 0) is 0 Å². The Morgan fingerprint density at radius 2 is 2.05 bits per heavy atom. The first-order valence-corrected chi connectivity index (χ1v) is 6.82. The molecule has 20 heavy (non-hydrogen) atoms. The lowest BCUT2D eigenvalue weighted by Crippen LogP contribution is -1.96. The maximum atomic E-state index is 10.9. The Balaban J connectivity index is 2.41. The van der Waals surface area contributed by atoms with Crippen molar-refractivity contribution >= 4 is 40.2 Å². The van der Waals surface area contributed by atoms with E-state index in [9.17, 15) is 10.1 Å². The van der Waals surface area contributed by atoms with Gasteiger partial charge in [0.2, 0.25) is 0 Å². The van der Waals surface area contributed by atoms with Gasteiger partial charge in [-0.2, -0.15) is 4.98 Å². The summed E-state index contributed by atoms with van der Waals surface area (Å²) in [5, 5.41) is 11.2. The normalized spacial score (nSPS) is 10.4. The molecule has 0 atom stereocenters. The molecular weight excluding hydrogens is 327 g/mol. The Kier molecular flexibility index (Phi) is 4.32. The number of rotatable bonds is 4. The molecule has 0 spiro atoms. The molecule has 1 aromatic carbocycles. The molecule has 9 heteroatoms. The summed E-state index contributed by atoms with van der Waals surface area (Å²) in [7, 11) is 1.39. The first-order chi connectivity index (χ1) is 9.42. The third kappa shape index (κ3) is 2.95. The molecular formula is C11H8Cl2N2O4S. The number of halogens is 2. The van der Waals surface area contributed by atoms with Crippen molar-refractivity contribution in [2.45, 2.75) is 6.92 Å². The van der Waals surface area contributed by atoms with Gasteiger partial charge in [0.05, 0.1) is 18.1 Å². The van der Waals surface area contributed by atoms with Crippen LogP contribution >= 0.6 is 34.5 Å². The molecule has 0 saturated carbocycles. The minimum atomic E-state index is -0.487. The monoisotopic (exact) mass is 334 g/mol. The van der Waals surface area contributed by atoms with E-state index in [1.54, 1.807) is 6.92 Å². The topological polar surface area (TPSA) is 74.5 Å². The SMILES string of the molecule is COc1cc([N+](=O)[O-])c(C)cc1Oc1nc(Cl)c(Cl)s1. The van der Waals surface area contributed by atoms with E-state index >= 15 is 0 Å². The highest BCUT2D eigenvalue weighted by atomic mass is 35.5. The van der Waals surface area contributed by atoms with Crippen LogP contribution in [0.15, 0.2) is 12.1 Å². The molecule has 0 aliphatic rings. The largest absolute Gasteiger partial charge is 0.493 e. The van der Waals surface area contributed by atoms with Gasteiger partial charge in [-0.15, -0.1) is 0 Å². The van der Waals surface area contributed by atoms with Crippen molar-refractivity contribution < 1.29 is 14.4 Å². The Bertz CT molecular complexity index is 655. The zero-order valence-corrected chi connectivity index (χ0v) is 12.7. The second-order valence-electron chi connectivity index (χ2n) is 3.69. The van der Waals surface area contributed by atoms with Gasteiger partial charge in [-0.1, -0.05) is 34.5 Å². The van der Waals surface area contributed by atoms with Gasteiger partial charge in [0.1, 0.15) is 4.34 Å². The highest BCUT2D eigenvalue weighted by Gasteiger charge is 2.18. The van der Waals surface area contributed by atoms with Crippen LogP contribution in [0.25, 0.3) is 0 Å². The van der Waals surface area contributed by atoms with Gasteiger partial charge in [0.25, 0.3) is 10.9 Å². The number of nitro benzene ring substituents is 1. The lowest BCUT2D eigenvalue weighted by Gasteiger charge is -2.09. The summed E-state index contributed by atoms with van der Waals surface area (Å²) in [6, 6.07) is 2.79. The fourth-order valence-corrected chi connectivity index (χ4v) is 2.52. The van der Waals surface area contributed by atoms with Gasteiger partial charge in [0, 0.05) is 5.56 Å². The number of hydrogen-bond donors (Lipinski definition) is 0.